The van der Waals surface area contributed by atoms with E-state index in [2.05, 4.69) is 183 Å². The van der Waals surface area contributed by atoms with Crippen LogP contribution in [0.25, 0.3) is 88.8 Å². The fraction of sp³-hybridized carbons (Fsp3) is 0.200. The van der Waals surface area contributed by atoms with Crippen LogP contribution in [0.4, 0.5) is 0 Å². The van der Waals surface area contributed by atoms with Crippen molar-refractivity contribution in [3.63, 3.8) is 0 Å². The van der Waals surface area contributed by atoms with E-state index in [-0.39, 0.29) is 5.41 Å². The number of rotatable bonds is 4. The molecular weight excluding hydrogens is 777 g/mol. The Hall–Kier alpha value is -6.42. The van der Waals surface area contributed by atoms with E-state index in [1.807, 2.05) is 0 Å². The van der Waals surface area contributed by atoms with Gasteiger partial charge in [0.1, 0.15) is 8.07 Å². The van der Waals surface area contributed by atoms with Crippen molar-refractivity contribution in [1.82, 2.24) is 9.97 Å². The van der Waals surface area contributed by atoms with Gasteiger partial charge in [-0.15, -0.1) is 0 Å². The normalized spacial score (nSPS) is 23.0. The van der Waals surface area contributed by atoms with Gasteiger partial charge in [-0.3, -0.25) is 0 Å². The van der Waals surface area contributed by atoms with Crippen molar-refractivity contribution >= 4 is 40.3 Å². The summed E-state index contributed by atoms with van der Waals surface area (Å²) >= 11 is 0. The third-order valence-electron chi connectivity index (χ3n) is 16.6. The predicted molar refractivity (Wildman–Crippen MR) is 264 cm³/mol. The molecule has 0 unspecified atom stereocenters. The molecule has 63 heavy (non-hydrogen) atoms. The summed E-state index contributed by atoms with van der Waals surface area (Å²) in [5.41, 5.74) is 20.4. The average molecular weight is 825 g/mol. The van der Waals surface area contributed by atoms with Crippen LogP contribution < -0.4 is 10.4 Å². The minimum absolute atomic E-state index is 0.0820. The van der Waals surface area contributed by atoms with Crippen molar-refractivity contribution in [1.29, 1.82) is 0 Å². The molecule has 6 aliphatic rings. The van der Waals surface area contributed by atoms with Gasteiger partial charge in [0.15, 0.2) is 0 Å². The maximum absolute atomic E-state index is 5.44. The van der Waals surface area contributed by atoms with Crippen molar-refractivity contribution in [2.45, 2.75) is 50.6 Å². The highest BCUT2D eigenvalue weighted by molar-refractivity contribution is 7.03. The summed E-state index contributed by atoms with van der Waals surface area (Å²) in [6.45, 7) is 5.19. The number of nitrogens with zero attached hydrogens (tertiary/aromatic N) is 2. The first-order chi connectivity index (χ1) is 30.9. The number of fused-ring (bicyclic) bond motifs is 9. The van der Waals surface area contributed by atoms with Crippen LogP contribution >= 0.6 is 0 Å². The largest absolute Gasteiger partial charge is 0.244 e. The zero-order valence-electron chi connectivity index (χ0n) is 35.9. The quantitative estimate of drug-likeness (QED) is 0.130. The van der Waals surface area contributed by atoms with E-state index in [0.717, 1.165) is 50.8 Å². The maximum Gasteiger partial charge on any atom is 0.113 e. The SMILES string of the molecule is C[Si]1(C)c2ccccc2-c2cc3c(cc21)C1(c2c(-c4ccc(-c5cccc(-c6nc7c(ccc8ccccc87)nc6-c6ccccc6)c5)cc4)cccc2-3)C2CC3CC(C2)CC1C3. The van der Waals surface area contributed by atoms with E-state index < -0.39 is 8.07 Å². The molecule has 15 rings (SSSR count). The van der Waals surface area contributed by atoms with Crippen molar-refractivity contribution in [2.24, 2.45) is 23.7 Å². The lowest BCUT2D eigenvalue weighted by Gasteiger charge is -2.61. The zero-order valence-corrected chi connectivity index (χ0v) is 36.9. The maximum atomic E-state index is 5.44. The van der Waals surface area contributed by atoms with Crippen LogP contribution in [0.15, 0.2) is 170 Å². The third-order valence-corrected chi connectivity index (χ3v) is 20.2. The standard InChI is InChI=1S/C60H48N2Si/c1-63(2)54-21-9-8-18-48(54)51-34-50-49-20-11-19-46(56(49)60(52(50)35-55(51)63)44-29-36-28-37(31-44)32-45(60)30-36)40-24-22-38(23-25-40)42-15-10-16-43(33-42)58-57(41-13-4-3-5-14-41)61-53-27-26-39-12-6-7-17-47(39)59(53)62-58/h3-27,33-37,44-45H,28-32H2,1-2H3. The summed E-state index contributed by atoms with van der Waals surface area (Å²) in [5, 5.41) is 5.57. The number of hydrogen-bond acceptors (Lipinski definition) is 2. The minimum atomic E-state index is -1.84. The van der Waals surface area contributed by atoms with Crippen molar-refractivity contribution in [3.05, 3.63) is 181 Å². The predicted octanol–water partition coefficient (Wildman–Crippen LogP) is 14.0. The zero-order chi connectivity index (χ0) is 41.6. The van der Waals surface area contributed by atoms with Gasteiger partial charge >= 0.3 is 0 Å². The van der Waals surface area contributed by atoms with E-state index in [1.54, 1.807) is 21.5 Å². The molecule has 1 spiro atoms. The lowest BCUT2D eigenvalue weighted by molar-refractivity contribution is -0.0397. The first-order valence-corrected chi connectivity index (χ1v) is 26.3. The average Bonchev–Trinajstić information content (AvgIpc) is 3.74. The molecule has 1 aromatic heterocycles. The Bertz CT molecular complexity index is 3350. The smallest absolute Gasteiger partial charge is 0.113 e. The van der Waals surface area contributed by atoms with Crippen LogP contribution in [-0.4, -0.2) is 18.0 Å². The third kappa shape index (κ3) is 5.00. The van der Waals surface area contributed by atoms with Gasteiger partial charge in [-0.25, -0.2) is 9.97 Å². The molecule has 9 aromatic rings. The molecule has 4 bridgehead atoms. The molecule has 4 saturated carbocycles. The Kier molecular flexibility index (Phi) is 7.48. The Balaban J connectivity index is 0.901. The highest BCUT2D eigenvalue weighted by Crippen LogP contribution is 2.70. The molecule has 8 aromatic carbocycles. The van der Waals surface area contributed by atoms with Crippen LogP contribution in [0, 0.1) is 23.7 Å². The van der Waals surface area contributed by atoms with E-state index in [1.165, 1.54) is 82.0 Å². The van der Waals surface area contributed by atoms with Gasteiger partial charge in [0.25, 0.3) is 0 Å². The van der Waals surface area contributed by atoms with E-state index in [4.69, 9.17) is 9.97 Å². The molecule has 3 heteroatoms. The molecule has 1 aliphatic heterocycles. The summed E-state index contributed by atoms with van der Waals surface area (Å²) in [5.74, 6) is 3.23. The van der Waals surface area contributed by atoms with E-state index >= 15 is 0 Å². The number of benzene rings is 8. The molecule has 5 aliphatic carbocycles. The van der Waals surface area contributed by atoms with Crippen molar-refractivity contribution < 1.29 is 0 Å². The Morgan fingerprint density at radius 1 is 0.444 bits per heavy atom. The van der Waals surface area contributed by atoms with Gasteiger partial charge < -0.3 is 0 Å². The molecular formula is C60H48N2Si. The Morgan fingerprint density at radius 3 is 1.92 bits per heavy atom. The van der Waals surface area contributed by atoms with Gasteiger partial charge in [-0.1, -0.05) is 165 Å². The molecule has 0 saturated heterocycles. The molecule has 302 valence electrons. The summed E-state index contributed by atoms with van der Waals surface area (Å²) in [6, 6.07) is 63.8. The summed E-state index contributed by atoms with van der Waals surface area (Å²) in [7, 11) is -1.84. The first kappa shape index (κ1) is 36.1. The highest BCUT2D eigenvalue weighted by Gasteiger charge is 2.62. The van der Waals surface area contributed by atoms with Gasteiger partial charge in [0.05, 0.1) is 22.4 Å². The summed E-state index contributed by atoms with van der Waals surface area (Å²) in [4.78, 5) is 10.7. The first-order valence-electron chi connectivity index (χ1n) is 23.3. The molecule has 0 N–H and O–H groups in total. The van der Waals surface area contributed by atoms with Gasteiger partial charge in [-0.2, -0.15) is 0 Å². The van der Waals surface area contributed by atoms with Gasteiger partial charge in [-0.05, 0) is 145 Å². The molecule has 2 nitrogen and oxygen atoms in total. The lowest BCUT2D eigenvalue weighted by Crippen LogP contribution is -2.56. The van der Waals surface area contributed by atoms with Crippen LogP contribution in [0.2, 0.25) is 13.1 Å². The second-order valence-corrected chi connectivity index (χ2v) is 24.4. The van der Waals surface area contributed by atoms with Gasteiger partial charge in [0, 0.05) is 21.9 Å². The Labute approximate surface area is 370 Å². The molecule has 0 amide bonds. The fourth-order valence-corrected chi connectivity index (χ4v) is 17.2. The topological polar surface area (TPSA) is 25.8 Å². The van der Waals surface area contributed by atoms with Crippen molar-refractivity contribution in [3.8, 4) is 67.0 Å². The van der Waals surface area contributed by atoms with Crippen LogP contribution in [-0.2, 0) is 5.41 Å². The molecule has 2 heterocycles. The molecule has 4 fully saturated rings. The van der Waals surface area contributed by atoms with Crippen molar-refractivity contribution in [2.75, 3.05) is 0 Å². The minimum Gasteiger partial charge on any atom is -0.244 e. The number of aromatic nitrogens is 2. The summed E-state index contributed by atoms with van der Waals surface area (Å²) < 4.78 is 0. The summed E-state index contributed by atoms with van der Waals surface area (Å²) in [6.07, 6.45) is 7.01. The Morgan fingerprint density at radius 2 is 1.10 bits per heavy atom. The lowest BCUT2D eigenvalue weighted by atomic mass is 9.42. The molecule has 0 atom stereocenters. The molecule has 0 radical (unpaired) electrons. The number of hydrogen-bond donors (Lipinski definition) is 0. The van der Waals surface area contributed by atoms with E-state index in [9.17, 15) is 0 Å². The van der Waals surface area contributed by atoms with E-state index in [0.29, 0.717) is 11.8 Å². The monoisotopic (exact) mass is 824 g/mol. The van der Waals surface area contributed by atoms with Crippen LogP contribution in [0.5, 0.6) is 0 Å². The van der Waals surface area contributed by atoms with Gasteiger partial charge in [0.2, 0.25) is 0 Å². The fourth-order valence-electron chi connectivity index (χ4n) is 14.2. The van der Waals surface area contributed by atoms with Crippen LogP contribution in [0.1, 0.15) is 43.2 Å². The highest BCUT2D eigenvalue weighted by atomic mass is 28.3. The van der Waals surface area contributed by atoms with Crippen LogP contribution in [0.3, 0.4) is 0 Å². The second kappa shape index (κ2) is 13.1. The second-order valence-electron chi connectivity index (χ2n) is 20.1.